The number of ether oxygens (including phenoxy) is 1. The van der Waals surface area contributed by atoms with E-state index in [-0.39, 0.29) is 24.5 Å². The molecule has 2 amide bonds. The topological polar surface area (TPSA) is 88.1 Å². The number of anilines is 1. The van der Waals surface area contributed by atoms with E-state index in [1.54, 1.807) is 12.3 Å². The number of hydrogen-bond acceptors (Lipinski definition) is 6. The first-order valence-corrected chi connectivity index (χ1v) is 7.13. The van der Waals surface area contributed by atoms with E-state index in [2.05, 4.69) is 15.2 Å². The molecule has 0 aliphatic carbocycles. The minimum atomic E-state index is -0.499. The van der Waals surface area contributed by atoms with Crippen LogP contribution in [0, 0.1) is 6.92 Å². The van der Waals surface area contributed by atoms with Crippen molar-refractivity contribution in [1.29, 1.82) is 0 Å². The normalized spacial score (nSPS) is 14.7. The summed E-state index contributed by atoms with van der Waals surface area (Å²) in [5.74, 6) is -1.05. The third-order valence-electron chi connectivity index (χ3n) is 3.05. The molecule has 0 saturated heterocycles. The van der Waals surface area contributed by atoms with Gasteiger partial charge in [0.25, 0.3) is 5.91 Å². The Balaban J connectivity index is 2.21. The van der Waals surface area contributed by atoms with Gasteiger partial charge in [0.1, 0.15) is 10.6 Å². The molecule has 1 aliphatic rings. The number of thiophene rings is 1. The van der Waals surface area contributed by atoms with Gasteiger partial charge in [-0.1, -0.05) is 0 Å². The van der Waals surface area contributed by atoms with Gasteiger partial charge < -0.3 is 10.1 Å². The van der Waals surface area contributed by atoms with Crippen molar-refractivity contribution >= 4 is 40.5 Å². The van der Waals surface area contributed by atoms with Crippen LogP contribution in [0.25, 0.3) is 0 Å². The van der Waals surface area contributed by atoms with Crippen LogP contribution < -0.4 is 5.32 Å². The molecular formula is C13H15N3O4S. The molecule has 7 nitrogen and oxygen atoms in total. The van der Waals surface area contributed by atoms with Gasteiger partial charge in [-0.2, -0.15) is 5.10 Å². The van der Waals surface area contributed by atoms with Gasteiger partial charge in [-0.15, -0.1) is 11.3 Å². The number of nitrogens with one attached hydrogen (secondary N) is 1. The van der Waals surface area contributed by atoms with Gasteiger partial charge in [-0.05, 0) is 17.9 Å². The molecule has 0 bridgehead atoms. The Hall–Kier alpha value is -2.22. The Labute approximate surface area is 125 Å². The number of carbonyl (C=O) groups excluding carboxylic acids is 3. The third kappa shape index (κ3) is 3.10. The van der Waals surface area contributed by atoms with Crippen LogP contribution in [0.15, 0.2) is 10.5 Å². The van der Waals surface area contributed by atoms with Crippen molar-refractivity contribution in [2.45, 2.75) is 19.8 Å². The summed E-state index contributed by atoms with van der Waals surface area (Å²) >= 11 is 1.20. The molecule has 2 rings (SSSR count). The van der Waals surface area contributed by atoms with Gasteiger partial charge in [0.15, 0.2) is 0 Å². The molecule has 0 radical (unpaired) electrons. The fourth-order valence-electron chi connectivity index (χ4n) is 1.86. The Kier molecular flexibility index (Phi) is 4.37. The zero-order valence-electron chi connectivity index (χ0n) is 11.9. The molecule has 1 aromatic rings. The fraction of sp³-hybridized carbons (Fsp3) is 0.385. The van der Waals surface area contributed by atoms with Gasteiger partial charge >= 0.3 is 5.97 Å². The van der Waals surface area contributed by atoms with Crippen LogP contribution in [-0.4, -0.2) is 42.7 Å². The first-order chi connectivity index (χ1) is 9.93. The van der Waals surface area contributed by atoms with Crippen LogP contribution in [0.2, 0.25) is 0 Å². The maximum atomic E-state index is 12.2. The van der Waals surface area contributed by atoms with Crippen molar-refractivity contribution in [3.8, 4) is 0 Å². The van der Waals surface area contributed by atoms with E-state index < -0.39 is 11.9 Å². The first kappa shape index (κ1) is 15.2. The van der Waals surface area contributed by atoms with Crippen molar-refractivity contribution in [2.75, 3.05) is 19.5 Å². The Morgan fingerprint density at radius 2 is 2.14 bits per heavy atom. The lowest BCUT2D eigenvalue weighted by molar-refractivity contribution is -0.130. The highest BCUT2D eigenvalue weighted by atomic mass is 32.1. The predicted molar refractivity (Wildman–Crippen MR) is 78.5 cm³/mol. The minimum absolute atomic E-state index is 0.131. The molecule has 1 aromatic heterocycles. The van der Waals surface area contributed by atoms with Crippen molar-refractivity contribution in [3.05, 3.63) is 15.8 Å². The molecule has 8 heteroatoms. The molecule has 0 atom stereocenters. The highest BCUT2D eigenvalue weighted by Gasteiger charge is 2.24. The largest absolute Gasteiger partial charge is 0.465 e. The Morgan fingerprint density at radius 1 is 1.43 bits per heavy atom. The fourth-order valence-corrected chi connectivity index (χ4v) is 2.78. The predicted octanol–water partition coefficient (Wildman–Crippen LogP) is 1.39. The maximum absolute atomic E-state index is 12.2. The van der Waals surface area contributed by atoms with Crippen molar-refractivity contribution in [2.24, 2.45) is 5.10 Å². The number of hydrazone groups is 1. The number of aryl methyl sites for hydroxylation is 1. The lowest BCUT2D eigenvalue weighted by Crippen LogP contribution is -2.34. The molecule has 0 saturated carbocycles. The third-order valence-corrected chi connectivity index (χ3v) is 4.13. The monoisotopic (exact) mass is 309 g/mol. The van der Waals surface area contributed by atoms with Crippen molar-refractivity contribution < 1.29 is 19.1 Å². The second-order valence-electron chi connectivity index (χ2n) is 4.53. The summed E-state index contributed by atoms with van der Waals surface area (Å²) in [5, 5.41) is 9.54. The highest BCUT2D eigenvalue weighted by Crippen LogP contribution is 2.28. The zero-order valence-corrected chi connectivity index (χ0v) is 12.7. The average Bonchev–Trinajstić information content (AvgIpc) is 2.82. The number of rotatable bonds is 3. The molecule has 1 N–H and O–H groups in total. The van der Waals surface area contributed by atoms with Gasteiger partial charge in [0, 0.05) is 19.9 Å². The van der Waals surface area contributed by atoms with Gasteiger partial charge in [-0.3, -0.25) is 9.59 Å². The molecule has 2 heterocycles. The molecule has 1 aliphatic heterocycles. The van der Waals surface area contributed by atoms with Crippen LogP contribution >= 0.6 is 11.3 Å². The second-order valence-corrected chi connectivity index (χ2v) is 5.41. The van der Waals surface area contributed by atoms with E-state index >= 15 is 0 Å². The van der Waals surface area contributed by atoms with Crippen molar-refractivity contribution in [1.82, 2.24) is 5.01 Å². The lowest BCUT2D eigenvalue weighted by atomic mass is 10.1. The van der Waals surface area contributed by atoms with E-state index in [4.69, 9.17) is 0 Å². The van der Waals surface area contributed by atoms with Gasteiger partial charge in [0.2, 0.25) is 5.91 Å². The number of amides is 2. The van der Waals surface area contributed by atoms with E-state index in [0.717, 1.165) is 10.6 Å². The Bertz CT molecular complexity index is 635. The second kappa shape index (κ2) is 6.04. The number of nitrogens with zero attached hydrogens (tertiary/aromatic N) is 2. The van der Waals surface area contributed by atoms with E-state index in [1.165, 1.54) is 25.5 Å². The number of carbonyl (C=O) groups is 3. The van der Waals surface area contributed by atoms with E-state index in [0.29, 0.717) is 10.6 Å². The van der Waals surface area contributed by atoms with Crippen LogP contribution in [0.5, 0.6) is 0 Å². The van der Waals surface area contributed by atoms with Crippen LogP contribution in [0.3, 0.4) is 0 Å². The van der Waals surface area contributed by atoms with Gasteiger partial charge in [-0.25, -0.2) is 9.80 Å². The SMILES string of the molecule is COC(=O)c1scc(C)c1NC(=O)C1=NN(C)C(=O)CC1. The first-order valence-electron chi connectivity index (χ1n) is 6.25. The van der Waals surface area contributed by atoms with Crippen LogP contribution in [0.4, 0.5) is 5.69 Å². The summed E-state index contributed by atoms with van der Waals surface area (Å²) in [7, 11) is 2.79. The van der Waals surface area contributed by atoms with E-state index in [1.807, 2.05) is 0 Å². The summed E-state index contributed by atoms with van der Waals surface area (Å²) in [6, 6.07) is 0. The maximum Gasteiger partial charge on any atom is 0.350 e. The number of methoxy groups -OCH3 is 1. The van der Waals surface area contributed by atoms with E-state index in [9.17, 15) is 14.4 Å². The standard InChI is InChI=1S/C13H15N3O4S/c1-7-6-21-11(13(19)20-3)10(7)14-12(18)8-4-5-9(17)16(2)15-8/h6H,4-5H2,1-3H3,(H,14,18). The number of hydrogen-bond donors (Lipinski definition) is 1. The summed E-state index contributed by atoms with van der Waals surface area (Å²) < 4.78 is 4.69. The molecule has 112 valence electrons. The quantitative estimate of drug-likeness (QED) is 0.855. The zero-order chi connectivity index (χ0) is 15.6. The summed E-state index contributed by atoms with van der Waals surface area (Å²) in [5.41, 5.74) is 1.47. The summed E-state index contributed by atoms with van der Waals surface area (Å²) in [4.78, 5) is 35.5. The lowest BCUT2D eigenvalue weighted by Gasteiger charge is -2.19. The molecule has 0 spiro atoms. The smallest absolute Gasteiger partial charge is 0.350 e. The van der Waals surface area contributed by atoms with Crippen molar-refractivity contribution in [3.63, 3.8) is 0 Å². The number of esters is 1. The molecule has 21 heavy (non-hydrogen) atoms. The molecule has 0 unspecified atom stereocenters. The van der Waals surface area contributed by atoms with Crippen LogP contribution in [0.1, 0.15) is 28.1 Å². The highest BCUT2D eigenvalue weighted by molar-refractivity contribution is 7.12. The van der Waals surface area contributed by atoms with Crippen LogP contribution in [-0.2, 0) is 14.3 Å². The molecular weight excluding hydrogens is 294 g/mol. The minimum Gasteiger partial charge on any atom is -0.465 e. The van der Waals surface area contributed by atoms with Gasteiger partial charge in [0.05, 0.1) is 12.8 Å². The average molecular weight is 309 g/mol. The molecule has 0 aromatic carbocycles. The summed E-state index contributed by atoms with van der Waals surface area (Å²) in [6.07, 6.45) is 0.529. The molecule has 0 fully saturated rings. The summed E-state index contributed by atoms with van der Waals surface area (Å²) in [6.45, 7) is 1.79. The Morgan fingerprint density at radius 3 is 2.76 bits per heavy atom.